The Balaban J connectivity index is 2.78. The summed E-state index contributed by atoms with van der Waals surface area (Å²) < 4.78 is 0. The number of aliphatic hydroxyl groups excluding tert-OH is 1. The molecule has 0 saturated heterocycles. The number of carbonyl (C=O) groups is 1. The summed E-state index contributed by atoms with van der Waals surface area (Å²) in [6.07, 6.45) is 0. The van der Waals surface area contributed by atoms with Gasteiger partial charge in [0.15, 0.2) is 0 Å². The lowest BCUT2D eigenvalue weighted by Gasteiger charge is -2.22. The fourth-order valence-electron chi connectivity index (χ4n) is 1.52. The Bertz CT molecular complexity index is 447. The number of amides is 1. The highest BCUT2D eigenvalue weighted by Crippen LogP contribution is 2.20. The summed E-state index contributed by atoms with van der Waals surface area (Å²) in [6.45, 7) is 7.52. The molecule has 3 N–H and O–H groups in total. The van der Waals surface area contributed by atoms with Gasteiger partial charge in [0, 0.05) is 24.1 Å². The molecule has 0 aliphatic heterocycles. The quantitative estimate of drug-likeness (QED) is 0.758. The van der Waals surface area contributed by atoms with Crippen molar-refractivity contribution >= 4 is 5.91 Å². The predicted molar refractivity (Wildman–Crippen MR) is 74.9 cm³/mol. The van der Waals surface area contributed by atoms with Crippen LogP contribution in [0.1, 0.15) is 43.6 Å². The van der Waals surface area contributed by atoms with Crippen molar-refractivity contribution in [3.8, 4) is 0 Å². The van der Waals surface area contributed by atoms with E-state index in [2.05, 4.69) is 5.32 Å². The molecule has 19 heavy (non-hydrogen) atoms. The van der Waals surface area contributed by atoms with Crippen LogP contribution in [0, 0.1) is 5.41 Å². The second-order valence-electron chi connectivity index (χ2n) is 6.14. The Morgan fingerprint density at radius 2 is 1.89 bits per heavy atom. The normalized spacial score (nSPS) is 12.3. The fourth-order valence-corrected chi connectivity index (χ4v) is 1.52. The zero-order chi connectivity index (χ0) is 14.7. The molecule has 0 spiro atoms. The van der Waals surface area contributed by atoms with Gasteiger partial charge in [0.2, 0.25) is 0 Å². The van der Waals surface area contributed by atoms with Gasteiger partial charge in [0.1, 0.15) is 0 Å². The molecule has 0 aliphatic carbocycles. The van der Waals surface area contributed by atoms with E-state index in [0.717, 1.165) is 0 Å². The van der Waals surface area contributed by atoms with Crippen molar-refractivity contribution in [1.82, 2.24) is 5.32 Å². The number of carbonyl (C=O) groups excluding carboxylic acids is 1. The number of aliphatic hydroxyl groups is 2. The van der Waals surface area contributed by atoms with Crippen molar-refractivity contribution in [2.45, 2.75) is 33.3 Å². The maximum absolute atomic E-state index is 12.0. The molecule has 0 aromatic heterocycles. The molecule has 0 saturated carbocycles. The fraction of sp³-hybridized carbons (Fsp3) is 0.533. The summed E-state index contributed by atoms with van der Waals surface area (Å²) >= 11 is 0. The van der Waals surface area contributed by atoms with Gasteiger partial charge in [-0.05, 0) is 31.5 Å². The van der Waals surface area contributed by atoms with E-state index < -0.39 is 5.60 Å². The second kappa shape index (κ2) is 5.72. The third kappa shape index (κ3) is 4.65. The summed E-state index contributed by atoms with van der Waals surface area (Å²) in [5.41, 5.74) is -0.112. The summed E-state index contributed by atoms with van der Waals surface area (Å²) in [5, 5.41) is 21.9. The van der Waals surface area contributed by atoms with E-state index in [0.29, 0.717) is 17.7 Å². The predicted octanol–water partition coefficient (Wildman–Crippen LogP) is 1.66. The molecule has 106 valence electrons. The summed E-state index contributed by atoms with van der Waals surface area (Å²) in [4.78, 5) is 12.0. The first-order valence-corrected chi connectivity index (χ1v) is 6.38. The zero-order valence-electron chi connectivity index (χ0n) is 12.0. The van der Waals surface area contributed by atoms with Crippen LogP contribution in [-0.2, 0) is 5.60 Å². The molecule has 1 aromatic carbocycles. The van der Waals surface area contributed by atoms with Gasteiger partial charge in [-0.15, -0.1) is 0 Å². The smallest absolute Gasteiger partial charge is 0.251 e. The third-order valence-electron chi connectivity index (χ3n) is 2.99. The summed E-state index contributed by atoms with van der Waals surface area (Å²) in [7, 11) is 0. The highest BCUT2D eigenvalue weighted by molar-refractivity contribution is 5.94. The maximum atomic E-state index is 12.0. The second-order valence-corrected chi connectivity index (χ2v) is 6.14. The van der Waals surface area contributed by atoms with Crippen LogP contribution in [0.15, 0.2) is 24.3 Å². The molecular weight excluding hydrogens is 242 g/mol. The average Bonchev–Trinajstić information content (AvgIpc) is 2.35. The summed E-state index contributed by atoms with van der Waals surface area (Å²) in [5.74, 6) is -0.201. The minimum absolute atomic E-state index is 0.0109. The number of rotatable bonds is 5. The van der Waals surface area contributed by atoms with E-state index in [1.165, 1.54) is 0 Å². The molecule has 1 amide bonds. The van der Waals surface area contributed by atoms with Crippen LogP contribution >= 0.6 is 0 Å². The van der Waals surface area contributed by atoms with E-state index in [1.54, 1.807) is 38.1 Å². The number of hydrogen-bond donors (Lipinski definition) is 3. The van der Waals surface area contributed by atoms with Crippen LogP contribution in [0.2, 0.25) is 0 Å². The van der Waals surface area contributed by atoms with E-state index in [-0.39, 0.29) is 17.9 Å². The molecule has 0 bridgehead atoms. The van der Waals surface area contributed by atoms with E-state index in [1.807, 2.05) is 13.8 Å². The van der Waals surface area contributed by atoms with E-state index >= 15 is 0 Å². The maximum Gasteiger partial charge on any atom is 0.251 e. The number of hydrogen-bond acceptors (Lipinski definition) is 3. The first-order chi connectivity index (χ1) is 8.65. The minimum atomic E-state index is -0.972. The van der Waals surface area contributed by atoms with Crippen LogP contribution in [0.4, 0.5) is 0 Å². The van der Waals surface area contributed by atoms with Crippen molar-refractivity contribution in [2.24, 2.45) is 5.41 Å². The van der Waals surface area contributed by atoms with Gasteiger partial charge in [-0.1, -0.05) is 26.0 Å². The first-order valence-electron chi connectivity index (χ1n) is 6.38. The lowest BCUT2D eigenvalue weighted by molar-refractivity contribution is 0.0784. The number of nitrogens with one attached hydrogen (secondary N) is 1. The van der Waals surface area contributed by atoms with Crippen molar-refractivity contribution in [1.29, 1.82) is 0 Å². The van der Waals surface area contributed by atoms with Gasteiger partial charge in [-0.2, -0.15) is 0 Å². The molecule has 1 rings (SSSR count). The Labute approximate surface area is 114 Å². The van der Waals surface area contributed by atoms with E-state index in [9.17, 15) is 9.90 Å². The average molecular weight is 265 g/mol. The zero-order valence-corrected chi connectivity index (χ0v) is 12.0. The molecule has 0 radical (unpaired) electrons. The molecule has 0 aliphatic rings. The lowest BCUT2D eigenvalue weighted by Crippen LogP contribution is -2.36. The van der Waals surface area contributed by atoms with Crippen LogP contribution in [-0.4, -0.2) is 29.3 Å². The topological polar surface area (TPSA) is 69.6 Å². The van der Waals surface area contributed by atoms with E-state index in [4.69, 9.17) is 5.11 Å². The molecule has 0 unspecified atom stereocenters. The molecule has 1 aromatic rings. The Kier molecular flexibility index (Phi) is 4.71. The third-order valence-corrected chi connectivity index (χ3v) is 2.99. The summed E-state index contributed by atoms with van der Waals surface area (Å²) in [6, 6.07) is 6.92. The molecule has 4 nitrogen and oxygen atoms in total. The SMILES string of the molecule is CC(C)(CO)CNC(=O)c1cccc(C(C)(C)O)c1. The molecule has 0 atom stereocenters. The van der Waals surface area contributed by atoms with Crippen LogP contribution in [0.5, 0.6) is 0 Å². The molecular formula is C15H23NO3. The van der Waals surface area contributed by atoms with Gasteiger partial charge in [0.25, 0.3) is 5.91 Å². The minimum Gasteiger partial charge on any atom is -0.396 e. The highest BCUT2D eigenvalue weighted by atomic mass is 16.3. The van der Waals surface area contributed by atoms with Gasteiger partial charge < -0.3 is 15.5 Å². The van der Waals surface area contributed by atoms with Crippen LogP contribution in [0.25, 0.3) is 0 Å². The Morgan fingerprint density at radius 1 is 1.26 bits per heavy atom. The lowest BCUT2D eigenvalue weighted by atomic mass is 9.94. The monoisotopic (exact) mass is 265 g/mol. The van der Waals surface area contributed by atoms with Gasteiger partial charge in [-0.25, -0.2) is 0 Å². The van der Waals surface area contributed by atoms with Crippen molar-refractivity contribution in [3.63, 3.8) is 0 Å². The van der Waals surface area contributed by atoms with Crippen molar-refractivity contribution in [3.05, 3.63) is 35.4 Å². The van der Waals surface area contributed by atoms with Crippen molar-refractivity contribution < 1.29 is 15.0 Å². The Morgan fingerprint density at radius 3 is 2.42 bits per heavy atom. The van der Waals surface area contributed by atoms with Gasteiger partial charge in [-0.3, -0.25) is 4.79 Å². The largest absolute Gasteiger partial charge is 0.396 e. The molecule has 4 heteroatoms. The standard InChI is InChI=1S/C15H23NO3/c1-14(2,10-17)9-16-13(18)11-6-5-7-12(8-11)15(3,4)19/h5-8,17,19H,9-10H2,1-4H3,(H,16,18). The Hall–Kier alpha value is -1.39. The van der Waals surface area contributed by atoms with Crippen molar-refractivity contribution in [2.75, 3.05) is 13.2 Å². The van der Waals surface area contributed by atoms with Crippen LogP contribution < -0.4 is 5.32 Å². The van der Waals surface area contributed by atoms with Gasteiger partial charge >= 0.3 is 0 Å². The van der Waals surface area contributed by atoms with Crippen LogP contribution in [0.3, 0.4) is 0 Å². The first kappa shape index (κ1) is 15.7. The molecule has 0 heterocycles. The highest BCUT2D eigenvalue weighted by Gasteiger charge is 2.20. The molecule has 0 fully saturated rings. The van der Waals surface area contributed by atoms with Gasteiger partial charge in [0.05, 0.1) is 5.60 Å². The number of benzene rings is 1.